The van der Waals surface area contributed by atoms with Gasteiger partial charge in [-0.2, -0.15) is 18.3 Å². The van der Waals surface area contributed by atoms with Crippen molar-refractivity contribution in [2.24, 2.45) is 5.10 Å². The van der Waals surface area contributed by atoms with Crippen molar-refractivity contribution in [3.63, 3.8) is 0 Å². The van der Waals surface area contributed by atoms with Gasteiger partial charge in [0.05, 0.1) is 21.8 Å². The molecule has 21 heavy (non-hydrogen) atoms. The third-order valence-electron chi connectivity index (χ3n) is 2.25. The number of hydrogen-bond acceptors (Lipinski definition) is 5. The number of hydrogen-bond donors (Lipinski definition) is 2. The van der Waals surface area contributed by atoms with E-state index in [4.69, 9.17) is 28.9 Å². The van der Waals surface area contributed by atoms with Crippen molar-refractivity contribution in [3.8, 4) is 0 Å². The van der Waals surface area contributed by atoms with Gasteiger partial charge in [0.15, 0.2) is 0 Å². The van der Waals surface area contributed by atoms with Gasteiger partial charge in [0.2, 0.25) is 5.13 Å². The van der Waals surface area contributed by atoms with Gasteiger partial charge < -0.3 is 5.73 Å². The highest BCUT2D eigenvalue weighted by Crippen LogP contribution is 2.38. The molecule has 0 aliphatic heterocycles. The SMILES string of the molecule is Nc1csc(NN=Cc2cc(Cl)c(Cl)c(C(F)(F)F)c2)n1. The third kappa shape index (κ3) is 3.99. The fourth-order valence-corrected chi connectivity index (χ4v) is 2.38. The smallest absolute Gasteiger partial charge is 0.383 e. The minimum Gasteiger partial charge on any atom is -0.383 e. The maximum Gasteiger partial charge on any atom is 0.417 e. The second kappa shape index (κ2) is 6.08. The van der Waals surface area contributed by atoms with E-state index in [0.29, 0.717) is 10.9 Å². The number of nitrogens with two attached hydrogens (primary N) is 1. The topological polar surface area (TPSA) is 63.3 Å². The minimum absolute atomic E-state index is 0.147. The maximum atomic E-state index is 12.8. The number of nitrogens with zero attached hydrogens (tertiary/aromatic N) is 2. The number of anilines is 2. The van der Waals surface area contributed by atoms with Gasteiger partial charge in [0.25, 0.3) is 0 Å². The van der Waals surface area contributed by atoms with Gasteiger partial charge in [-0.25, -0.2) is 4.98 Å². The first-order chi connectivity index (χ1) is 9.77. The molecule has 0 bridgehead atoms. The summed E-state index contributed by atoms with van der Waals surface area (Å²) >= 11 is 12.4. The zero-order chi connectivity index (χ0) is 15.6. The Hall–Kier alpha value is -1.51. The molecule has 2 rings (SSSR count). The van der Waals surface area contributed by atoms with Gasteiger partial charge in [0.1, 0.15) is 5.82 Å². The highest BCUT2D eigenvalue weighted by molar-refractivity contribution is 7.14. The van der Waals surface area contributed by atoms with Crippen LogP contribution in [0.15, 0.2) is 22.6 Å². The van der Waals surface area contributed by atoms with Crippen LogP contribution in [0.1, 0.15) is 11.1 Å². The summed E-state index contributed by atoms with van der Waals surface area (Å²) in [5, 5.41) is 5.04. The van der Waals surface area contributed by atoms with Gasteiger partial charge in [-0.15, -0.1) is 11.3 Å². The van der Waals surface area contributed by atoms with Crippen LogP contribution in [-0.2, 0) is 6.18 Å². The average Bonchev–Trinajstić information content (AvgIpc) is 2.78. The number of benzene rings is 1. The number of nitrogens with one attached hydrogen (secondary N) is 1. The number of hydrazone groups is 1. The molecule has 0 radical (unpaired) electrons. The Morgan fingerprint density at radius 2 is 2.05 bits per heavy atom. The molecule has 1 heterocycles. The number of rotatable bonds is 3. The van der Waals surface area contributed by atoms with Crippen molar-refractivity contribution in [1.82, 2.24) is 4.98 Å². The fraction of sp³-hybridized carbons (Fsp3) is 0.0909. The Kier molecular flexibility index (Phi) is 4.60. The number of alkyl halides is 3. The van der Waals surface area contributed by atoms with Crippen LogP contribution in [0.25, 0.3) is 0 Å². The van der Waals surface area contributed by atoms with Gasteiger partial charge in [-0.3, -0.25) is 5.43 Å². The molecular formula is C11H7Cl2F3N4S. The van der Waals surface area contributed by atoms with E-state index in [0.717, 1.165) is 6.07 Å². The molecular weight excluding hydrogens is 348 g/mol. The van der Waals surface area contributed by atoms with Crippen LogP contribution in [0, 0.1) is 0 Å². The van der Waals surface area contributed by atoms with Crippen LogP contribution in [0.4, 0.5) is 24.1 Å². The van der Waals surface area contributed by atoms with Crippen molar-refractivity contribution < 1.29 is 13.2 Å². The highest BCUT2D eigenvalue weighted by atomic mass is 35.5. The molecule has 112 valence electrons. The minimum atomic E-state index is -4.60. The van der Waals surface area contributed by atoms with Crippen LogP contribution in [0.3, 0.4) is 0 Å². The van der Waals surface area contributed by atoms with Crippen molar-refractivity contribution >= 4 is 51.7 Å². The lowest BCUT2D eigenvalue weighted by Crippen LogP contribution is -2.07. The Bertz CT molecular complexity index is 685. The van der Waals surface area contributed by atoms with Gasteiger partial charge in [-0.1, -0.05) is 23.2 Å². The van der Waals surface area contributed by atoms with Crippen LogP contribution in [0.2, 0.25) is 10.0 Å². The molecule has 1 aromatic heterocycles. The predicted octanol–water partition coefficient (Wildman–Crippen LogP) is 4.50. The average molecular weight is 355 g/mol. The third-order valence-corrected chi connectivity index (χ3v) is 3.82. The quantitative estimate of drug-likeness (QED) is 0.630. The van der Waals surface area contributed by atoms with E-state index in [2.05, 4.69) is 15.5 Å². The summed E-state index contributed by atoms with van der Waals surface area (Å²) < 4.78 is 38.3. The normalized spacial score (nSPS) is 12.0. The fourth-order valence-electron chi connectivity index (χ4n) is 1.39. The van der Waals surface area contributed by atoms with Crippen LogP contribution in [-0.4, -0.2) is 11.2 Å². The van der Waals surface area contributed by atoms with E-state index >= 15 is 0 Å². The summed E-state index contributed by atoms with van der Waals surface area (Å²) in [4.78, 5) is 3.87. The van der Waals surface area contributed by atoms with Crippen LogP contribution in [0.5, 0.6) is 0 Å². The summed E-state index contributed by atoms with van der Waals surface area (Å²) in [6, 6.07) is 2.14. The second-order valence-electron chi connectivity index (χ2n) is 3.81. The van der Waals surface area contributed by atoms with Crippen LogP contribution < -0.4 is 11.2 Å². The van der Waals surface area contributed by atoms with E-state index < -0.39 is 16.8 Å². The molecule has 0 saturated carbocycles. The van der Waals surface area contributed by atoms with E-state index in [1.165, 1.54) is 23.6 Å². The molecule has 0 aliphatic rings. The summed E-state index contributed by atoms with van der Waals surface area (Å²) in [5.41, 5.74) is 7.09. The molecule has 0 atom stereocenters. The standard InChI is InChI=1S/C11H7Cl2F3N4S/c12-7-2-5(1-6(9(7)13)11(14,15)16)3-18-20-10-19-8(17)4-21-10/h1-4H,17H2,(H,19,20). The molecule has 0 unspecified atom stereocenters. The van der Waals surface area contributed by atoms with Crippen molar-refractivity contribution in [2.75, 3.05) is 11.2 Å². The summed E-state index contributed by atoms with van der Waals surface area (Å²) in [7, 11) is 0. The molecule has 0 amide bonds. The summed E-state index contributed by atoms with van der Waals surface area (Å²) in [6.07, 6.45) is -3.42. The first kappa shape index (κ1) is 15.9. The molecule has 0 aliphatic carbocycles. The molecule has 2 aromatic rings. The first-order valence-corrected chi connectivity index (χ1v) is 6.97. The Balaban J connectivity index is 2.22. The van der Waals surface area contributed by atoms with Crippen molar-refractivity contribution in [2.45, 2.75) is 6.18 Å². The lowest BCUT2D eigenvalue weighted by Gasteiger charge is -2.10. The van der Waals surface area contributed by atoms with Gasteiger partial charge >= 0.3 is 6.18 Å². The Morgan fingerprint density at radius 1 is 1.33 bits per heavy atom. The number of nitrogen functional groups attached to an aromatic ring is 1. The summed E-state index contributed by atoms with van der Waals surface area (Å²) in [5.74, 6) is 0.326. The zero-order valence-electron chi connectivity index (χ0n) is 10.1. The van der Waals surface area contributed by atoms with Gasteiger partial charge in [-0.05, 0) is 17.7 Å². The first-order valence-electron chi connectivity index (χ1n) is 5.33. The monoisotopic (exact) mass is 354 g/mol. The molecule has 0 saturated heterocycles. The molecule has 1 aromatic carbocycles. The molecule has 3 N–H and O–H groups in total. The van der Waals surface area contributed by atoms with E-state index in [1.807, 2.05) is 0 Å². The predicted molar refractivity (Wildman–Crippen MR) is 79.2 cm³/mol. The molecule has 4 nitrogen and oxygen atoms in total. The lowest BCUT2D eigenvalue weighted by atomic mass is 10.1. The molecule has 0 spiro atoms. The van der Waals surface area contributed by atoms with E-state index in [9.17, 15) is 13.2 Å². The Morgan fingerprint density at radius 3 is 2.62 bits per heavy atom. The second-order valence-corrected chi connectivity index (χ2v) is 5.45. The van der Waals surface area contributed by atoms with E-state index in [1.54, 1.807) is 5.38 Å². The summed E-state index contributed by atoms with van der Waals surface area (Å²) in [6.45, 7) is 0. The maximum absolute atomic E-state index is 12.8. The Labute approximate surface area is 131 Å². The van der Waals surface area contributed by atoms with E-state index in [-0.39, 0.29) is 10.6 Å². The van der Waals surface area contributed by atoms with Crippen LogP contribution >= 0.6 is 34.5 Å². The van der Waals surface area contributed by atoms with Crippen molar-refractivity contribution in [3.05, 3.63) is 38.7 Å². The van der Waals surface area contributed by atoms with Gasteiger partial charge in [0, 0.05) is 5.38 Å². The number of halogens is 5. The molecule has 0 fully saturated rings. The lowest BCUT2D eigenvalue weighted by molar-refractivity contribution is -0.137. The zero-order valence-corrected chi connectivity index (χ0v) is 12.4. The van der Waals surface area contributed by atoms with Crippen molar-refractivity contribution in [1.29, 1.82) is 0 Å². The highest BCUT2D eigenvalue weighted by Gasteiger charge is 2.34. The largest absolute Gasteiger partial charge is 0.417 e. The number of aromatic nitrogens is 1. The molecule has 10 heteroatoms. The number of thiazole rings is 1.